The van der Waals surface area contributed by atoms with Crippen LogP contribution in [0.2, 0.25) is 0 Å². The molecule has 2 rings (SSSR count). The van der Waals surface area contributed by atoms with Gasteiger partial charge in [0.05, 0.1) is 11.0 Å². The number of hydrogen-bond donors (Lipinski definition) is 2. The summed E-state index contributed by atoms with van der Waals surface area (Å²) in [5, 5.41) is 11.9. The number of amides is 1. The highest BCUT2D eigenvalue weighted by Crippen LogP contribution is 2.44. The van der Waals surface area contributed by atoms with Gasteiger partial charge in [-0.3, -0.25) is 9.59 Å². The summed E-state index contributed by atoms with van der Waals surface area (Å²) in [7, 11) is 0. The first-order valence-electron chi connectivity index (χ1n) is 8.14. The van der Waals surface area contributed by atoms with Crippen molar-refractivity contribution in [1.29, 1.82) is 0 Å². The Morgan fingerprint density at radius 3 is 2.28 bits per heavy atom. The fourth-order valence-corrected chi connectivity index (χ4v) is 2.98. The number of carboxylic acid groups (broad SMARTS) is 1. The molecule has 0 aromatic heterocycles. The lowest BCUT2D eigenvalue weighted by Crippen LogP contribution is -2.44. The van der Waals surface area contributed by atoms with Gasteiger partial charge in [0.1, 0.15) is 0 Å². The molecule has 0 unspecified atom stereocenters. The molecule has 7 heteroatoms. The summed E-state index contributed by atoms with van der Waals surface area (Å²) in [5.74, 6) is -1.35. The van der Waals surface area contributed by atoms with Gasteiger partial charge < -0.3 is 10.4 Å². The van der Waals surface area contributed by atoms with Crippen molar-refractivity contribution in [3.05, 3.63) is 35.4 Å². The Labute approximate surface area is 144 Å². The molecule has 1 aliphatic carbocycles. The third kappa shape index (κ3) is 4.32. The molecule has 0 aliphatic heterocycles. The van der Waals surface area contributed by atoms with Gasteiger partial charge in [-0.2, -0.15) is 13.2 Å². The molecule has 0 atom stereocenters. The van der Waals surface area contributed by atoms with Crippen LogP contribution in [0.15, 0.2) is 24.3 Å². The van der Waals surface area contributed by atoms with E-state index in [-0.39, 0.29) is 18.9 Å². The maximum atomic E-state index is 12.9. The number of hydrogen-bond acceptors (Lipinski definition) is 2. The van der Waals surface area contributed by atoms with Crippen molar-refractivity contribution in [3.63, 3.8) is 0 Å². The highest BCUT2D eigenvalue weighted by molar-refractivity contribution is 5.85. The summed E-state index contributed by atoms with van der Waals surface area (Å²) in [4.78, 5) is 23.4. The molecule has 0 radical (unpaired) electrons. The highest BCUT2D eigenvalue weighted by atomic mass is 19.4. The lowest BCUT2D eigenvalue weighted by atomic mass is 9.66. The van der Waals surface area contributed by atoms with Crippen LogP contribution in [0.1, 0.15) is 50.7 Å². The lowest BCUT2D eigenvalue weighted by Gasteiger charge is -2.37. The summed E-state index contributed by atoms with van der Waals surface area (Å²) in [6.45, 7) is 3.60. The van der Waals surface area contributed by atoms with Crippen LogP contribution in [-0.2, 0) is 21.2 Å². The minimum absolute atomic E-state index is 0.0962. The number of carboxylic acids is 1. The molecule has 1 aromatic carbocycles. The molecule has 0 bridgehead atoms. The van der Waals surface area contributed by atoms with Crippen molar-refractivity contribution >= 4 is 11.9 Å². The van der Waals surface area contributed by atoms with Gasteiger partial charge in [0.2, 0.25) is 5.91 Å². The van der Waals surface area contributed by atoms with E-state index in [1.54, 1.807) is 19.9 Å². The van der Waals surface area contributed by atoms with Crippen molar-refractivity contribution in [2.75, 3.05) is 6.54 Å². The third-order valence-corrected chi connectivity index (χ3v) is 4.96. The topological polar surface area (TPSA) is 66.4 Å². The minimum atomic E-state index is -4.42. The van der Waals surface area contributed by atoms with E-state index in [1.807, 2.05) is 0 Å². The van der Waals surface area contributed by atoms with Crippen LogP contribution >= 0.6 is 0 Å². The van der Waals surface area contributed by atoms with Crippen LogP contribution in [-0.4, -0.2) is 23.5 Å². The summed E-state index contributed by atoms with van der Waals surface area (Å²) in [5.41, 5.74) is -1.97. The zero-order valence-electron chi connectivity index (χ0n) is 14.2. The zero-order valence-corrected chi connectivity index (χ0v) is 14.2. The van der Waals surface area contributed by atoms with Crippen molar-refractivity contribution in [2.24, 2.45) is 5.41 Å². The quantitative estimate of drug-likeness (QED) is 0.815. The Bertz CT molecular complexity index is 664. The monoisotopic (exact) mass is 357 g/mol. The molecule has 4 nitrogen and oxygen atoms in total. The van der Waals surface area contributed by atoms with Gasteiger partial charge in [0.15, 0.2) is 0 Å². The second kappa shape index (κ2) is 6.69. The molecule has 138 valence electrons. The van der Waals surface area contributed by atoms with Gasteiger partial charge in [-0.05, 0) is 24.5 Å². The maximum Gasteiger partial charge on any atom is 0.416 e. The van der Waals surface area contributed by atoms with E-state index in [4.69, 9.17) is 0 Å². The van der Waals surface area contributed by atoms with Crippen molar-refractivity contribution in [1.82, 2.24) is 5.32 Å². The average molecular weight is 357 g/mol. The fraction of sp³-hybridized carbons (Fsp3) is 0.556. The first-order valence-corrected chi connectivity index (χ1v) is 8.14. The van der Waals surface area contributed by atoms with Crippen molar-refractivity contribution in [3.8, 4) is 0 Å². The van der Waals surface area contributed by atoms with Crippen LogP contribution in [0, 0.1) is 5.41 Å². The average Bonchev–Trinajstić information content (AvgIpc) is 2.48. The van der Waals surface area contributed by atoms with E-state index in [0.29, 0.717) is 18.4 Å². The summed E-state index contributed by atoms with van der Waals surface area (Å²) in [6.07, 6.45) is -2.77. The van der Waals surface area contributed by atoms with E-state index in [0.717, 1.165) is 18.6 Å². The molecule has 1 fully saturated rings. The molecule has 1 amide bonds. The normalized spacial score (nSPS) is 16.8. The molecule has 25 heavy (non-hydrogen) atoms. The smallest absolute Gasteiger partial charge is 0.416 e. The van der Waals surface area contributed by atoms with Crippen molar-refractivity contribution < 1.29 is 27.9 Å². The number of carbonyl (C=O) groups is 2. The molecule has 0 saturated heterocycles. The molecule has 2 N–H and O–H groups in total. The van der Waals surface area contributed by atoms with Crippen molar-refractivity contribution in [2.45, 2.75) is 51.1 Å². The standard InChI is InChI=1S/C18H22F3NO3/c1-16(2,12-5-3-6-13(9-12)18(19,20)21)11-22-14(23)10-17(15(24)25)7-4-8-17/h3,5-6,9H,4,7-8,10-11H2,1-2H3,(H,22,23)(H,24,25). The number of aliphatic carboxylic acids is 1. The van der Waals surface area contributed by atoms with E-state index in [1.165, 1.54) is 6.07 Å². The number of nitrogens with one attached hydrogen (secondary N) is 1. The van der Waals surface area contributed by atoms with Gasteiger partial charge in [-0.25, -0.2) is 0 Å². The minimum Gasteiger partial charge on any atom is -0.481 e. The van der Waals surface area contributed by atoms with Gasteiger partial charge >= 0.3 is 12.1 Å². The molecule has 0 spiro atoms. The second-order valence-corrected chi connectivity index (χ2v) is 7.35. The van der Waals surface area contributed by atoms with E-state index in [9.17, 15) is 27.9 Å². The number of carbonyl (C=O) groups excluding carboxylic acids is 1. The Kier molecular flexibility index (Phi) is 5.16. The van der Waals surface area contributed by atoms with E-state index in [2.05, 4.69) is 5.32 Å². The van der Waals surface area contributed by atoms with Crippen LogP contribution in [0.5, 0.6) is 0 Å². The SMILES string of the molecule is CC(C)(CNC(=O)CC1(C(=O)O)CCC1)c1cccc(C(F)(F)F)c1. The molecular formula is C18H22F3NO3. The molecule has 1 aromatic rings. The molecule has 1 aliphatic rings. The number of rotatable bonds is 6. The number of halogens is 3. The van der Waals surface area contributed by atoms with E-state index >= 15 is 0 Å². The lowest BCUT2D eigenvalue weighted by molar-refractivity contribution is -0.157. The summed E-state index contributed by atoms with van der Waals surface area (Å²) >= 11 is 0. The Morgan fingerprint density at radius 1 is 1.20 bits per heavy atom. The predicted octanol–water partition coefficient (Wildman–Crippen LogP) is 3.74. The Hall–Kier alpha value is -2.05. The number of alkyl halides is 3. The first kappa shape index (κ1) is 19.3. The van der Waals surface area contributed by atoms with Crippen LogP contribution in [0.4, 0.5) is 13.2 Å². The molecule has 0 heterocycles. The summed E-state index contributed by atoms with van der Waals surface area (Å²) in [6, 6.07) is 5.02. The second-order valence-electron chi connectivity index (χ2n) is 7.35. The van der Waals surface area contributed by atoms with Crippen LogP contribution < -0.4 is 5.32 Å². The highest BCUT2D eigenvalue weighted by Gasteiger charge is 2.46. The predicted molar refractivity (Wildman–Crippen MR) is 86.0 cm³/mol. The Morgan fingerprint density at radius 2 is 1.80 bits per heavy atom. The van der Waals surface area contributed by atoms with E-state index < -0.39 is 28.5 Å². The van der Waals surface area contributed by atoms with Gasteiger partial charge in [-0.1, -0.05) is 38.5 Å². The van der Waals surface area contributed by atoms with Gasteiger partial charge in [0, 0.05) is 18.4 Å². The summed E-state index contributed by atoms with van der Waals surface area (Å²) < 4.78 is 38.6. The van der Waals surface area contributed by atoms with Gasteiger partial charge in [0.25, 0.3) is 0 Å². The Balaban J connectivity index is 2.02. The fourth-order valence-electron chi connectivity index (χ4n) is 2.98. The van der Waals surface area contributed by atoms with Gasteiger partial charge in [-0.15, -0.1) is 0 Å². The van der Waals surface area contributed by atoms with Crippen LogP contribution in [0.3, 0.4) is 0 Å². The first-order chi connectivity index (χ1) is 11.5. The number of benzene rings is 1. The largest absolute Gasteiger partial charge is 0.481 e. The zero-order chi connectivity index (χ0) is 18.9. The van der Waals surface area contributed by atoms with Crippen LogP contribution in [0.25, 0.3) is 0 Å². The molecular weight excluding hydrogens is 335 g/mol. The maximum absolute atomic E-state index is 12.9. The molecule has 1 saturated carbocycles. The third-order valence-electron chi connectivity index (χ3n) is 4.96.